The van der Waals surface area contributed by atoms with Gasteiger partial charge in [-0.25, -0.2) is 9.07 Å². The molecular weight excluding hydrogens is 387 g/mol. The van der Waals surface area contributed by atoms with Crippen LogP contribution >= 0.6 is 0 Å². The van der Waals surface area contributed by atoms with E-state index in [1.165, 1.54) is 18.2 Å². The van der Waals surface area contributed by atoms with Crippen molar-refractivity contribution < 1.29 is 18.7 Å². The number of halogens is 1. The van der Waals surface area contributed by atoms with Crippen molar-refractivity contribution in [3.8, 4) is 11.4 Å². The second kappa shape index (κ2) is 7.82. The number of carbonyl (C=O) groups is 2. The van der Waals surface area contributed by atoms with Gasteiger partial charge in [-0.3, -0.25) is 9.59 Å². The first-order valence-electron chi connectivity index (χ1n) is 9.28. The van der Waals surface area contributed by atoms with Crippen molar-refractivity contribution in [3.63, 3.8) is 0 Å². The molecule has 0 bridgehead atoms. The topological polar surface area (TPSA) is 85.3 Å². The van der Waals surface area contributed by atoms with Crippen LogP contribution in [0.3, 0.4) is 0 Å². The molecule has 0 unspecified atom stereocenters. The Morgan fingerprint density at radius 1 is 1.23 bits per heavy atom. The Morgan fingerprint density at radius 3 is 2.77 bits per heavy atom. The molecule has 1 aliphatic heterocycles. The van der Waals surface area contributed by atoms with Gasteiger partial charge in [-0.2, -0.15) is 5.10 Å². The maximum Gasteiger partial charge on any atom is 0.262 e. The van der Waals surface area contributed by atoms with Gasteiger partial charge in [0.05, 0.1) is 17.1 Å². The fourth-order valence-corrected chi connectivity index (χ4v) is 3.23. The van der Waals surface area contributed by atoms with Gasteiger partial charge in [0, 0.05) is 23.0 Å². The van der Waals surface area contributed by atoms with Crippen LogP contribution in [0.4, 0.5) is 15.8 Å². The quantitative estimate of drug-likeness (QED) is 0.648. The number of ether oxygens (including phenoxy) is 1. The summed E-state index contributed by atoms with van der Waals surface area (Å²) in [7, 11) is 0. The Morgan fingerprint density at radius 2 is 2.00 bits per heavy atom. The van der Waals surface area contributed by atoms with Crippen LogP contribution in [0, 0.1) is 19.7 Å². The molecule has 0 atom stereocenters. The van der Waals surface area contributed by atoms with Crippen LogP contribution in [0.15, 0.2) is 48.5 Å². The third kappa shape index (κ3) is 3.93. The van der Waals surface area contributed by atoms with Crippen LogP contribution in [-0.2, 0) is 9.59 Å². The predicted molar refractivity (Wildman–Crippen MR) is 111 cm³/mol. The van der Waals surface area contributed by atoms with Crippen molar-refractivity contribution in [2.45, 2.75) is 13.8 Å². The highest BCUT2D eigenvalue weighted by Crippen LogP contribution is 2.30. The molecule has 0 aliphatic carbocycles. The molecule has 1 aromatic heterocycles. The van der Waals surface area contributed by atoms with Gasteiger partial charge in [0.1, 0.15) is 11.6 Å². The number of benzene rings is 2. The van der Waals surface area contributed by atoms with Crippen LogP contribution in [0.1, 0.15) is 17.0 Å². The molecule has 2 heterocycles. The number of amides is 2. The van der Waals surface area contributed by atoms with Gasteiger partial charge in [-0.15, -0.1) is 0 Å². The number of hydrogen-bond donors (Lipinski definition) is 2. The fourth-order valence-electron chi connectivity index (χ4n) is 3.23. The zero-order valence-electron chi connectivity index (χ0n) is 16.4. The number of anilines is 2. The van der Waals surface area contributed by atoms with E-state index in [4.69, 9.17) is 4.74 Å². The molecule has 30 heavy (non-hydrogen) atoms. The van der Waals surface area contributed by atoms with Gasteiger partial charge in [-0.05, 0) is 62.4 Å². The minimum absolute atomic E-state index is 0.0221. The van der Waals surface area contributed by atoms with E-state index in [2.05, 4.69) is 15.7 Å². The van der Waals surface area contributed by atoms with Gasteiger partial charge in [0.2, 0.25) is 5.91 Å². The number of carbonyl (C=O) groups excluding carboxylic acids is 2. The van der Waals surface area contributed by atoms with Crippen molar-refractivity contribution in [1.82, 2.24) is 9.78 Å². The SMILES string of the molecule is Cc1nn(-c2ccc(F)cc2)c(C)c1/C=C/C(=O)Nc1ccc2c(c1)NC(=O)CO2. The summed E-state index contributed by atoms with van der Waals surface area (Å²) in [5.41, 5.74) is 4.16. The highest BCUT2D eigenvalue weighted by Gasteiger charge is 2.16. The Hall–Kier alpha value is -3.94. The van der Waals surface area contributed by atoms with Gasteiger partial charge in [0.25, 0.3) is 5.91 Å². The van der Waals surface area contributed by atoms with Crippen LogP contribution < -0.4 is 15.4 Å². The molecule has 0 saturated carbocycles. The number of rotatable bonds is 4. The summed E-state index contributed by atoms with van der Waals surface area (Å²) in [5, 5.41) is 9.94. The summed E-state index contributed by atoms with van der Waals surface area (Å²) < 4.78 is 20.2. The van der Waals surface area contributed by atoms with Gasteiger partial charge < -0.3 is 15.4 Å². The van der Waals surface area contributed by atoms with Crippen molar-refractivity contribution in [1.29, 1.82) is 0 Å². The minimum atomic E-state index is -0.327. The van der Waals surface area contributed by atoms with E-state index < -0.39 is 0 Å². The minimum Gasteiger partial charge on any atom is -0.482 e. The fraction of sp³-hybridized carbons (Fsp3) is 0.136. The van der Waals surface area contributed by atoms with E-state index in [1.807, 2.05) is 13.8 Å². The van der Waals surface area contributed by atoms with E-state index >= 15 is 0 Å². The summed E-state index contributed by atoms with van der Waals surface area (Å²) in [6.45, 7) is 3.70. The molecule has 0 fully saturated rings. The van der Waals surface area contributed by atoms with E-state index in [9.17, 15) is 14.0 Å². The summed E-state index contributed by atoms with van der Waals surface area (Å²) in [6, 6.07) is 11.1. The molecule has 0 saturated heterocycles. The first-order valence-corrected chi connectivity index (χ1v) is 9.28. The van der Waals surface area contributed by atoms with Crippen molar-refractivity contribution >= 4 is 29.3 Å². The lowest BCUT2D eigenvalue weighted by atomic mass is 10.1. The van der Waals surface area contributed by atoms with E-state index in [0.29, 0.717) is 17.1 Å². The molecule has 7 nitrogen and oxygen atoms in total. The summed E-state index contributed by atoms with van der Waals surface area (Å²) in [5.74, 6) is -0.325. The summed E-state index contributed by atoms with van der Waals surface area (Å²) >= 11 is 0. The molecule has 4 rings (SSSR count). The molecule has 8 heteroatoms. The lowest BCUT2D eigenvalue weighted by molar-refractivity contribution is -0.118. The van der Waals surface area contributed by atoms with Crippen molar-refractivity contribution in [2.24, 2.45) is 0 Å². The lowest BCUT2D eigenvalue weighted by Crippen LogP contribution is -2.25. The number of aryl methyl sites for hydroxylation is 1. The number of nitrogens with one attached hydrogen (secondary N) is 2. The van der Waals surface area contributed by atoms with Crippen LogP contribution in [0.2, 0.25) is 0 Å². The summed E-state index contributed by atoms with van der Waals surface area (Å²) in [4.78, 5) is 23.8. The third-order valence-electron chi connectivity index (χ3n) is 4.70. The normalized spacial score (nSPS) is 13.0. The molecule has 2 amide bonds. The Bertz CT molecular complexity index is 1170. The highest BCUT2D eigenvalue weighted by molar-refractivity contribution is 6.03. The second-order valence-electron chi connectivity index (χ2n) is 6.84. The second-order valence-corrected chi connectivity index (χ2v) is 6.84. The lowest BCUT2D eigenvalue weighted by Gasteiger charge is -2.18. The Labute approximate surface area is 172 Å². The molecule has 0 radical (unpaired) electrons. The van der Waals surface area contributed by atoms with Crippen molar-refractivity contribution in [3.05, 3.63) is 71.3 Å². The molecule has 2 N–H and O–H groups in total. The Kier molecular flexibility index (Phi) is 5.05. The Balaban J connectivity index is 1.50. The summed E-state index contributed by atoms with van der Waals surface area (Å²) in [6.07, 6.45) is 3.11. The molecule has 152 valence electrons. The standard InChI is InChI=1S/C22H19FN4O3/c1-13-18(14(2)27(26-13)17-6-3-15(23)4-7-17)8-10-21(28)24-16-5-9-20-19(11-16)25-22(29)12-30-20/h3-11H,12H2,1-2H3,(H,24,28)(H,25,29)/b10-8+. The number of hydrogen-bond acceptors (Lipinski definition) is 4. The molecule has 2 aromatic carbocycles. The van der Waals surface area contributed by atoms with Crippen LogP contribution in [-0.4, -0.2) is 28.2 Å². The molecular formula is C22H19FN4O3. The zero-order chi connectivity index (χ0) is 21.3. The number of nitrogens with zero attached hydrogens (tertiary/aromatic N) is 2. The first kappa shape index (κ1) is 19.4. The predicted octanol–water partition coefficient (Wildman–Crippen LogP) is 3.61. The smallest absolute Gasteiger partial charge is 0.262 e. The average molecular weight is 406 g/mol. The van der Waals surface area contributed by atoms with Gasteiger partial charge in [-0.1, -0.05) is 0 Å². The third-order valence-corrected chi connectivity index (χ3v) is 4.70. The number of fused-ring (bicyclic) bond motifs is 1. The van der Waals surface area contributed by atoms with Crippen LogP contribution in [0.5, 0.6) is 5.75 Å². The maximum atomic E-state index is 13.2. The van der Waals surface area contributed by atoms with Crippen molar-refractivity contribution in [2.75, 3.05) is 17.2 Å². The largest absolute Gasteiger partial charge is 0.482 e. The maximum absolute atomic E-state index is 13.2. The highest BCUT2D eigenvalue weighted by atomic mass is 19.1. The van der Waals surface area contributed by atoms with E-state index in [-0.39, 0.29) is 24.2 Å². The monoisotopic (exact) mass is 406 g/mol. The molecule has 0 spiro atoms. The first-order chi connectivity index (χ1) is 14.4. The zero-order valence-corrected chi connectivity index (χ0v) is 16.4. The molecule has 1 aliphatic rings. The van der Waals surface area contributed by atoms with Gasteiger partial charge >= 0.3 is 0 Å². The van der Waals surface area contributed by atoms with Crippen LogP contribution in [0.25, 0.3) is 11.8 Å². The van der Waals surface area contributed by atoms with E-state index in [0.717, 1.165) is 22.6 Å². The average Bonchev–Trinajstić information content (AvgIpc) is 3.00. The van der Waals surface area contributed by atoms with Gasteiger partial charge in [0.15, 0.2) is 6.61 Å². The number of aromatic nitrogens is 2. The van der Waals surface area contributed by atoms with E-state index in [1.54, 1.807) is 41.1 Å². The molecule has 3 aromatic rings.